The molecule has 0 N–H and O–H groups in total. The van der Waals surface area contributed by atoms with Crippen LogP contribution in [-0.2, 0) is 0 Å². The maximum Gasteiger partial charge on any atom is 0.0308 e. The molecular weight excluding hydrogens is 1630 g/mol. The van der Waals surface area contributed by atoms with Crippen LogP contribution in [0.15, 0.2) is 0 Å². The first-order chi connectivity index (χ1) is 69.3. The van der Waals surface area contributed by atoms with Gasteiger partial charge in [0.05, 0.1) is 0 Å². The summed E-state index contributed by atoms with van der Waals surface area (Å²) in [6, 6.07) is 0. The molecule has 22 rings (SSSR count). The summed E-state index contributed by atoms with van der Waals surface area (Å²) < 4.78 is 159. The molecule has 0 nitrogen and oxygen atoms in total. The van der Waals surface area contributed by atoms with Crippen molar-refractivity contribution in [3.8, 4) is 0 Å². The Balaban J connectivity index is 0.000000209. The van der Waals surface area contributed by atoms with Crippen LogP contribution in [0.1, 0.15) is 654 Å². The van der Waals surface area contributed by atoms with Crippen molar-refractivity contribution in [1.29, 1.82) is 0 Å². The summed E-state index contributed by atoms with van der Waals surface area (Å²) in [5.41, 5.74) is -1.79. The molecule has 26 unspecified atom stereocenters. The second-order valence-corrected chi connectivity index (χ2v) is 61.0. The fourth-order valence-corrected chi connectivity index (χ4v) is 32.5. The SMILES string of the molecule is C.C.C.[2H]C(C)(C1CC2CCC1C2)C(C)(C)C.[2H]C([2H])(C1C2CC1C2)C(C)(C)C.[2H]C([2H])(C1C2CCC1C2)C(C)(C)C.[2H]C([2H])(C1CC2CCCCC2C1)C(C)(C)C.[2H]C([2H])(C1CCC2CCCC21)C(C)(C)C.[2H]C([2H])(C1CCC2CCCC2C1)C(C)(C)C.[2H]C([2H])(C1CCC2CCCCC21)C(C)(C)C.[2H]C([2H])(C1CCC2CCCCC2C1)C(C)(C)C.[2H]C([2H])(C1CCCC2CCCC21)C(C)(C)C.[2H]C([2H])(C1CCCC2CCCCC21)C(C)(C)C. The molecule has 0 aromatic heterocycles. The Hall–Kier alpha value is 0. The van der Waals surface area contributed by atoms with Gasteiger partial charge in [0.2, 0.25) is 0 Å². The van der Waals surface area contributed by atoms with E-state index in [1.807, 2.05) is 62.3 Å². The van der Waals surface area contributed by atoms with Crippen molar-refractivity contribution in [3.05, 3.63) is 0 Å². The molecule has 6 bridgehead atoms. The monoisotopic (exact) mass is 1910 g/mol. The average Bonchev–Trinajstić information content (AvgIpc) is 1.57. The van der Waals surface area contributed by atoms with Crippen molar-refractivity contribution >= 4 is 0 Å². The van der Waals surface area contributed by atoms with Crippen LogP contribution in [0.3, 0.4) is 0 Å². The fourth-order valence-electron chi connectivity index (χ4n) is 32.5. The highest BCUT2D eigenvalue weighted by Gasteiger charge is 2.54. The first-order valence-corrected chi connectivity index (χ1v) is 59.8. The quantitative estimate of drug-likeness (QED) is 0.205. The fraction of sp³-hybridized carbons (Fsp3) is 1.00. The van der Waals surface area contributed by atoms with E-state index >= 15 is 0 Å². The lowest BCUT2D eigenvalue weighted by Gasteiger charge is -2.60. The van der Waals surface area contributed by atoms with Gasteiger partial charge in [0.25, 0.3) is 0 Å². The third-order valence-electron chi connectivity index (χ3n) is 38.2. The Labute approximate surface area is 887 Å². The Morgan fingerprint density at radius 3 is 0.735 bits per heavy atom. The molecule has 0 saturated heterocycles. The lowest BCUT2D eigenvalue weighted by molar-refractivity contribution is -0.0999. The minimum absolute atomic E-state index is 0. The molecular formula is C136H258. The van der Waals surface area contributed by atoms with Crippen molar-refractivity contribution in [3.63, 3.8) is 0 Å². The maximum atomic E-state index is 8.63. The molecule has 0 aromatic rings. The standard InChI is InChI=1S/2C15H28.4C14H26.2C13H24.C11H20.C10H18.3CH4/c1-15(2,3)11-13-9-6-8-12-7-4-5-10-14(12)13;1-15(2,3)11-12-8-9-13-6-4-5-7-14(13)10-12;1-14(2,3)10-12-8-4-6-11-7-5-9-13(11)12;1-14(2,3)10-11-7-8-12-5-4-6-13(12)9-11;1-14(2,3)10-11-8-12-6-4-5-7-13(12)9-11;1-14(2,3)10-12-9-8-11-6-4-5-7-13(11)12;1-9(13(2,3)4)12-8-10-5-6-11(12)7-10;1-13(2,3)9-11-8-7-10-5-4-6-12(10)11;1-11(2,3)7-10-8-4-5-9(10)6-8;1-10(2,3)6-9-7-4-8(9)5-7;;;/h2*12-14H,4-11H2,1-3H3;4*11-13H,4-10H2,1-3H3;9-12H,5-8H2,1-4H3;10-12H,4-9H2,1-3H3;8-10H,4-7H2,1-3H3;7-9H,4-6H2,1-3H3;3*1H4/i2*11D2;4*10D2;9D;9D2;7D2;6D2;;;. The highest BCUT2D eigenvalue weighted by Crippen LogP contribution is 2.63. The molecule has 0 heterocycles. The van der Waals surface area contributed by atoms with E-state index in [0.717, 1.165) is 147 Å². The van der Waals surface area contributed by atoms with E-state index in [1.54, 1.807) is 0 Å². The molecule has 0 aromatic carbocycles. The number of rotatable bonds is 10. The number of hydrogen-bond acceptors (Lipinski definition) is 0. The van der Waals surface area contributed by atoms with Gasteiger partial charge in [-0.1, -0.05) is 430 Å². The number of hydrogen-bond donors (Lipinski definition) is 0. The van der Waals surface area contributed by atoms with Gasteiger partial charge in [0.15, 0.2) is 0 Å². The van der Waals surface area contributed by atoms with E-state index in [9.17, 15) is 0 Å². The van der Waals surface area contributed by atoms with Gasteiger partial charge in [0.1, 0.15) is 0 Å². The molecule has 0 radical (unpaired) electrons. The van der Waals surface area contributed by atoms with Crippen LogP contribution >= 0.6 is 0 Å². The van der Waals surface area contributed by atoms with Crippen LogP contribution < -0.4 is 0 Å². The average molecular weight is 1910 g/mol. The maximum absolute atomic E-state index is 8.63. The van der Waals surface area contributed by atoms with Crippen molar-refractivity contribution in [2.24, 2.45) is 238 Å². The smallest absolute Gasteiger partial charge is 0.0308 e. The third-order valence-corrected chi connectivity index (χ3v) is 38.2. The molecule has 0 spiro atoms. The summed E-state index contributed by atoms with van der Waals surface area (Å²) in [5, 5.41) is 0. The predicted molar refractivity (Wildman–Crippen MR) is 610 cm³/mol. The lowest BCUT2D eigenvalue weighted by atomic mass is 9.45. The second-order valence-electron chi connectivity index (χ2n) is 61.0. The van der Waals surface area contributed by atoms with Crippen LogP contribution in [-0.4, -0.2) is 0 Å². The van der Waals surface area contributed by atoms with Gasteiger partial charge < -0.3 is 0 Å². The van der Waals surface area contributed by atoms with E-state index in [-0.39, 0.29) is 82.3 Å². The van der Waals surface area contributed by atoms with E-state index in [4.69, 9.17) is 26.0 Å². The minimum atomic E-state index is -1.01. The van der Waals surface area contributed by atoms with E-state index in [2.05, 4.69) is 152 Å². The van der Waals surface area contributed by atoms with E-state index < -0.39 is 57.4 Å². The largest absolute Gasteiger partial charge is 0.0776 e. The molecule has 0 heteroatoms. The van der Waals surface area contributed by atoms with E-state index in [1.165, 1.54) is 270 Å². The highest BCUT2D eigenvalue weighted by atomic mass is 14.6. The Bertz CT molecular complexity index is 4080. The summed E-state index contributed by atoms with van der Waals surface area (Å²) in [4.78, 5) is 0. The molecule has 136 heavy (non-hydrogen) atoms. The first kappa shape index (κ1) is 94.4. The van der Waals surface area contributed by atoms with E-state index in [0.29, 0.717) is 94.7 Å². The topological polar surface area (TPSA) is 0 Å². The molecule has 802 valence electrons. The summed E-state index contributed by atoms with van der Waals surface area (Å²) in [6.07, 6.45) is 58.8. The molecule has 22 fully saturated rings. The Morgan fingerprint density at radius 1 is 0.191 bits per heavy atom. The molecule has 22 aliphatic rings. The van der Waals surface area contributed by atoms with Crippen LogP contribution in [0.4, 0.5) is 0 Å². The molecule has 26 atom stereocenters. The molecule has 0 amide bonds. The van der Waals surface area contributed by atoms with Crippen molar-refractivity contribution in [1.82, 2.24) is 0 Å². The summed E-state index contributed by atoms with van der Waals surface area (Å²) in [7, 11) is 0. The lowest BCUT2D eigenvalue weighted by Crippen LogP contribution is -2.51. The van der Waals surface area contributed by atoms with Gasteiger partial charge >= 0.3 is 0 Å². The number of fused-ring (bicyclic) bond motifs is 10. The third kappa shape index (κ3) is 40.1. The predicted octanol–water partition coefficient (Wildman–Crippen LogP) is 45.4. The zero-order valence-corrected chi connectivity index (χ0v) is 95.1. The van der Waals surface area contributed by atoms with Gasteiger partial charge in [-0.25, -0.2) is 0 Å². The molecule has 22 aliphatic carbocycles. The second kappa shape index (κ2) is 52.9. The van der Waals surface area contributed by atoms with Crippen molar-refractivity contribution < 1.29 is 26.0 Å². The van der Waals surface area contributed by atoms with Crippen LogP contribution in [0.2, 0.25) is 0 Å². The normalized spacial score (nSPS) is 41.7. The first-order valence-electron chi connectivity index (χ1n) is 69.3. The molecule has 0 aliphatic heterocycles. The Morgan fingerprint density at radius 2 is 0.426 bits per heavy atom. The Kier molecular flexibility index (Phi) is 36.8. The zero-order valence-electron chi connectivity index (χ0n) is 114. The van der Waals surface area contributed by atoms with Gasteiger partial charge in [-0.3, -0.25) is 0 Å². The van der Waals surface area contributed by atoms with Gasteiger partial charge in [-0.2, -0.15) is 0 Å². The molecule has 22 saturated carbocycles. The zero-order chi connectivity index (χ0) is 114. The van der Waals surface area contributed by atoms with Gasteiger partial charge in [-0.15, -0.1) is 0 Å². The summed E-state index contributed by atoms with van der Waals surface area (Å²) >= 11 is 0. The highest BCUT2D eigenvalue weighted by molar-refractivity contribution is 5.04. The minimum Gasteiger partial charge on any atom is -0.0776 e. The van der Waals surface area contributed by atoms with Gasteiger partial charge in [0, 0.05) is 26.0 Å². The van der Waals surface area contributed by atoms with Crippen LogP contribution in [0.5, 0.6) is 0 Å². The summed E-state index contributed by atoms with van der Waals surface area (Å²) in [6.45, 7) is 64.2. The van der Waals surface area contributed by atoms with Crippen LogP contribution in [0, 0.1) is 238 Å². The van der Waals surface area contributed by atoms with Crippen LogP contribution in [0.25, 0.3) is 0 Å². The van der Waals surface area contributed by atoms with Gasteiger partial charge in [-0.05, 0) is 436 Å². The van der Waals surface area contributed by atoms with Crippen molar-refractivity contribution in [2.75, 3.05) is 0 Å². The summed E-state index contributed by atoms with van der Waals surface area (Å²) in [5.74, 6) is 19.4. The van der Waals surface area contributed by atoms with Crippen molar-refractivity contribution in [2.45, 2.75) is 628 Å².